The summed E-state index contributed by atoms with van der Waals surface area (Å²) < 4.78 is 0. The molecule has 0 aliphatic carbocycles. The Bertz CT molecular complexity index is 81.6. The predicted octanol–water partition coefficient (Wildman–Crippen LogP) is 2.71. The maximum absolute atomic E-state index is 8.99. The van der Waals surface area contributed by atoms with E-state index in [4.69, 9.17) is 5.21 Å². The molecule has 0 atom stereocenters. The van der Waals surface area contributed by atoms with Gasteiger partial charge in [0.05, 0.1) is 0 Å². The highest BCUT2D eigenvalue weighted by Gasteiger charge is 2.24. The number of hydrogen-bond donors (Lipinski definition) is 2. The molecule has 0 saturated carbocycles. The van der Waals surface area contributed by atoms with Crippen molar-refractivity contribution < 1.29 is 5.21 Å². The summed E-state index contributed by atoms with van der Waals surface area (Å²) in [5.74, 6) is 0. The lowest BCUT2D eigenvalue weighted by atomic mass is 9.87. The Balaban J connectivity index is 3.96. The average molecular weight is 159 g/mol. The first-order chi connectivity index (χ1) is 5.24. The van der Waals surface area contributed by atoms with Crippen molar-refractivity contribution in [3.8, 4) is 0 Å². The van der Waals surface area contributed by atoms with E-state index in [1.54, 1.807) is 0 Å². The van der Waals surface area contributed by atoms with Crippen LogP contribution in [0.3, 0.4) is 0 Å². The molecule has 0 aromatic carbocycles. The summed E-state index contributed by atoms with van der Waals surface area (Å²) in [5, 5.41) is 8.99. The first-order valence-electron chi connectivity index (χ1n) is 4.66. The van der Waals surface area contributed by atoms with Crippen molar-refractivity contribution in [2.45, 2.75) is 58.4 Å². The van der Waals surface area contributed by atoms with Crippen LogP contribution in [0.4, 0.5) is 0 Å². The fourth-order valence-corrected chi connectivity index (χ4v) is 1.63. The van der Waals surface area contributed by atoms with Gasteiger partial charge < -0.3 is 5.21 Å². The van der Waals surface area contributed by atoms with Crippen molar-refractivity contribution in [1.29, 1.82) is 0 Å². The van der Waals surface area contributed by atoms with E-state index < -0.39 is 0 Å². The molecule has 0 unspecified atom stereocenters. The van der Waals surface area contributed by atoms with Gasteiger partial charge in [-0.2, -0.15) is 5.48 Å². The maximum atomic E-state index is 8.99. The SMILES string of the molecule is CCCC(CC)(CCC)NO. The van der Waals surface area contributed by atoms with Crippen LogP contribution in [-0.2, 0) is 0 Å². The minimum atomic E-state index is -0.0104. The van der Waals surface area contributed by atoms with Crippen molar-refractivity contribution in [3.05, 3.63) is 0 Å². The molecule has 0 bridgehead atoms. The van der Waals surface area contributed by atoms with Gasteiger partial charge in [0.1, 0.15) is 0 Å². The van der Waals surface area contributed by atoms with Crippen LogP contribution in [0.2, 0.25) is 0 Å². The second kappa shape index (κ2) is 5.56. The molecule has 2 N–H and O–H groups in total. The third kappa shape index (κ3) is 3.21. The zero-order valence-corrected chi connectivity index (χ0v) is 7.98. The predicted molar refractivity (Wildman–Crippen MR) is 47.8 cm³/mol. The van der Waals surface area contributed by atoms with Crippen LogP contribution in [0, 0.1) is 0 Å². The van der Waals surface area contributed by atoms with E-state index in [-0.39, 0.29) is 5.54 Å². The summed E-state index contributed by atoms with van der Waals surface area (Å²) in [6, 6.07) is 0. The largest absolute Gasteiger partial charge is 0.316 e. The van der Waals surface area contributed by atoms with Gasteiger partial charge in [0.15, 0.2) is 0 Å². The quantitative estimate of drug-likeness (QED) is 0.584. The molecule has 0 fully saturated rings. The molecule has 0 aromatic rings. The Morgan fingerprint density at radius 3 is 1.73 bits per heavy atom. The number of hydroxylamine groups is 1. The molecular weight excluding hydrogens is 138 g/mol. The topological polar surface area (TPSA) is 32.3 Å². The van der Waals surface area contributed by atoms with Crippen molar-refractivity contribution in [3.63, 3.8) is 0 Å². The van der Waals surface area contributed by atoms with Crippen LogP contribution in [0.1, 0.15) is 52.9 Å². The highest BCUT2D eigenvalue weighted by Crippen LogP contribution is 2.22. The van der Waals surface area contributed by atoms with E-state index in [0.29, 0.717) is 0 Å². The van der Waals surface area contributed by atoms with Crippen molar-refractivity contribution >= 4 is 0 Å². The first-order valence-corrected chi connectivity index (χ1v) is 4.66. The molecule has 0 heterocycles. The van der Waals surface area contributed by atoms with Crippen LogP contribution in [0.5, 0.6) is 0 Å². The molecule has 11 heavy (non-hydrogen) atoms. The number of hydrogen-bond acceptors (Lipinski definition) is 2. The van der Waals surface area contributed by atoms with Crippen LogP contribution in [-0.4, -0.2) is 10.7 Å². The number of rotatable bonds is 6. The minimum absolute atomic E-state index is 0.0104. The molecule has 2 heteroatoms. The molecule has 0 aliphatic rings. The van der Waals surface area contributed by atoms with Crippen LogP contribution in [0.15, 0.2) is 0 Å². The summed E-state index contributed by atoms with van der Waals surface area (Å²) in [7, 11) is 0. The van der Waals surface area contributed by atoms with Gasteiger partial charge >= 0.3 is 0 Å². The summed E-state index contributed by atoms with van der Waals surface area (Å²) >= 11 is 0. The monoisotopic (exact) mass is 159 g/mol. The second-order valence-electron chi connectivity index (χ2n) is 3.25. The summed E-state index contributed by atoms with van der Waals surface area (Å²) in [5.41, 5.74) is 2.46. The highest BCUT2D eigenvalue weighted by atomic mass is 16.5. The molecule has 68 valence electrons. The minimum Gasteiger partial charge on any atom is -0.316 e. The summed E-state index contributed by atoms with van der Waals surface area (Å²) in [6.07, 6.45) is 5.38. The van der Waals surface area contributed by atoms with Crippen molar-refractivity contribution in [2.24, 2.45) is 0 Å². The van der Waals surface area contributed by atoms with E-state index >= 15 is 0 Å². The van der Waals surface area contributed by atoms with Gasteiger partial charge in [0.2, 0.25) is 0 Å². The maximum Gasteiger partial charge on any atom is 0.0427 e. The van der Waals surface area contributed by atoms with Crippen molar-refractivity contribution in [1.82, 2.24) is 5.48 Å². The van der Waals surface area contributed by atoms with Gasteiger partial charge in [0, 0.05) is 5.54 Å². The Morgan fingerprint density at radius 2 is 1.55 bits per heavy atom. The van der Waals surface area contributed by atoms with Gasteiger partial charge in [0.25, 0.3) is 0 Å². The van der Waals surface area contributed by atoms with E-state index in [9.17, 15) is 0 Å². The Morgan fingerprint density at radius 1 is 1.09 bits per heavy atom. The van der Waals surface area contributed by atoms with E-state index in [0.717, 1.165) is 32.1 Å². The van der Waals surface area contributed by atoms with Gasteiger partial charge in [-0.3, -0.25) is 0 Å². The van der Waals surface area contributed by atoms with Gasteiger partial charge in [-0.1, -0.05) is 33.6 Å². The van der Waals surface area contributed by atoms with E-state index in [1.165, 1.54) is 0 Å². The lowest BCUT2D eigenvalue weighted by molar-refractivity contribution is 0.0455. The third-order valence-corrected chi connectivity index (χ3v) is 2.37. The Kier molecular flexibility index (Phi) is 5.51. The summed E-state index contributed by atoms with van der Waals surface area (Å²) in [4.78, 5) is 0. The second-order valence-corrected chi connectivity index (χ2v) is 3.25. The fourth-order valence-electron chi connectivity index (χ4n) is 1.63. The molecule has 0 radical (unpaired) electrons. The first kappa shape index (κ1) is 10.9. The standard InChI is InChI=1S/C9H21NO/c1-4-7-9(6-3,10-11)8-5-2/h10-11H,4-8H2,1-3H3. The molecular formula is C9H21NO. The van der Waals surface area contributed by atoms with Crippen LogP contribution >= 0.6 is 0 Å². The molecule has 0 aromatic heterocycles. The zero-order chi connectivity index (χ0) is 8.74. The molecule has 0 spiro atoms. The normalized spacial score (nSPS) is 12.0. The zero-order valence-electron chi connectivity index (χ0n) is 7.98. The smallest absolute Gasteiger partial charge is 0.0427 e. The summed E-state index contributed by atoms with van der Waals surface area (Å²) in [6.45, 7) is 6.42. The Hall–Kier alpha value is -0.0800. The van der Waals surface area contributed by atoms with Gasteiger partial charge in [-0.05, 0) is 19.3 Å². The molecule has 0 rings (SSSR count). The van der Waals surface area contributed by atoms with E-state index in [1.807, 2.05) is 0 Å². The molecule has 2 nitrogen and oxygen atoms in total. The average Bonchev–Trinajstić information content (AvgIpc) is 2.04. The van der Waals surface area contributed by atoms with E-state index in [2.05, 4.69) is 26.3 Å². The lowest BCUT2D eigenvalue weighted by Crippen LogP contribution is -2.42. The molecule has 0 saturated heterocycles. The van der Waals surface area contributed by atoms with Crippen LogP contribution < -0.4 is 5.48 Å². The third-order valence-electron chi connectivity index (χ3n) is 2.37. The fraction of sp³-hybridized carbons (Fsp3) is 1.00. The molecule has 0 aliphatic heterocycles. The van der Waals surface area contributed by atoms with Crippen LogP contribution in [0.25, 0.3) is 0 Å². The number of nitrogens with one attached hydrogen (secondary N) is 1. The lowest BCUT2D eigenvalue weighted by Gasteiger charge is -2.30. The molecule has 0 amide bonds. The van der Waals surface area contributed by atoms with Crippen molar-refractivity contribution in [2.75, 3.05) is 0 Å². The highest BCUT2D eigenvalue weighted by molar-refractivity contribution is 4.82. The Labute approximate surface area is 70.0 Å². The van der Waals surface area contributed by atoms with Gasteiger partial charge in [-0.25, -0.2) is 0 Å². The van der Waals surface area contributed by atoms with Gasteiger partial charge in [-0.15, -0.1) is 0 Å².